The molecule has 1 aromatic heterocycles. The van der Waals surface area contributed by atoms with Gasteiger partial charge >= 0.3 is 5.97 Å². The van der Waals surface area contributed by atoms with Crippen molar-refractivity contribution in [1.82, 2.24) is 4.98 Å². The highest BCUT2D eigenvalue weighted by atomic mass is 19.1. The van der Waals surface area contributed by atoms with Crippen LogP contribution in [-0.2, 0) is 4.79 Å². The lowest BCUT2D eigenvalue weighted by molar-refractivity contribution is -0.137. The van der Waals surface area contributed by atoms with Crippen LogP contribution in [0.25, 0.3) is 11.1 Å². The van der Waals surface area contributed by atoms with Gasteiger partial charge in [-0.2, -0.15) is 0 Å². The standard InChI is InChI=1S/C23H27F2NO4/c24-19-14-16(18-10-7-12-26-23(18)30-17-8-4-5-9-17)15-20(25)22(19)29-13-6-2-1-3-11-21(27)28/h7,10,12,14-15,17H,1-6,8-9,11,13H2,(H,27,28). The number of aromatic nitrogens is 1. The first-order valence-corrected chi connectivity index (χ1v) is 10.5. The monoisotopic (exact) mass is 419 g/mol. The maximum atomic E-state index is 14.6. The Bertz CT molecular complexity index is 830. The number of rotatable bonds is 11. The third kappa shape index (κ3) is 6.15. The number of pyridine rings is 1. The summed E-state index contributed by atoms with van der Waals surface area (Å²) in [6.07, 6.45) is 8.64. The van der Waals surface area contributed by atoms with Gasteiger partial charge in [0.2, 0.25) is 5.88 Å². The Labute approximate surface area is 175 Å². The SMILES string of the molecule is O=C(O)CCCCCCOc1c(F)cc(-c2cccnc2OC2CCCC2)cc1F. The molecule has 0 bridgehead atoms. The lowest BCUT2D eigenvalue weighted by atomic mass is 10.1. The van der Waals surface area contributed by atoms with E-state index in [1.54, 1.807) is 18.3 Å². The molecule has 2 aromatic rings. The molecule has 1 aliphatic rings. The van der Waals surface area contributed by atoms with Gasteiger partial charge in [-0.1, -0.05) is 12.8 Å². The number of benzene rings is 1. The molecule has 7 heteroatoms. The highest BCUT2D eigenvalue weighted by Gasteiger charge is 2.21. The fourth-order valence-corrected chi connectivity index (χ4v) is 3.63. The highest BCUT2D eigenvalue weighted by molar-refractivity contribution is 5.69. The van der Waals surface area contributed by atoms with Gasteiger partial charge in [0.15, 0.2) is 17.4 Å². The van der Waals surface area contributed by atoms with Crippen molar-refractivity contribution in [2.45, 2.75) is 63.9 Å². The van der Waals surface area contributed by atoms with E-state index in [0.29, 0.717) is 29.8 Å². The first-order valence-electron chi connectivity index (χ1n) is 10.5. The zero-order valence-corrected chi connectivity index (χ0v) is 16.9. The van der Waals surface area contributed by atoms with E-state index < -0.39 is 23.4 Å². The predicted molar refractivity (Wildman–Crippen MR) is 109 cm³/mol. The largest absolute Gasteiger partial charge is 0.488 e. The summed E-state index contributed by atoms with van der Waals surface area (Å²) in [7, 11) is 0. The van der Waals surface area contributed by atoms with E-state index in [4.69, 9.17) is 14.6 Å². The number of hydrogen-bond donors (Lipinski definition) is 1. The lowest BCUT2D eigenvalue weighted by Crippen LogP contribution is -2.12. The van der Waals surface area contributed by atoms with Gasteiger partial charge in [0, 0.05) is 18.2 Å². The van der Waals surface area contributed by atoms with Crippen molar-refractivity contribution in [2.75, 3.05) is 6.61 Å². The summed E-state index contributed by atoms with van der Waals surface area (Å²) >= 11 is 0. The van der Waals surface area contributed by atoms with E-state index in [2.05, 4.69) is 4.98 Å². The Balaban J connectivity index is 1.61. The van der Waals surface area contributed by atoms with E-state index in [9.17, 15) is 13.6 Å². The Morgan fingerprint density at radius 3 is 2.50 bits per heavy atom. The van der Waals surface area contributed by atoms with Crippen LogP contribution in [0.1, 0.15) is 57.8 Å². The average Bonchev–Trinajstić information content (AvgIpc) is 3.22. The second kappa shape index (κ2) is 10.9. The molecule has 0 spiro atoms. The van der Waals surface area contributed by atoms with Gasteiger partial charge in [0.25, 0.3) is 0 Å². The van der Waals surface area contributed by atoms with Crippen molar-refractivity contribution in [3.63, 3.8) is 0 Å². The number of aliphatic carboxylic acids is 1. The van der Waals surface area contributed by atoms with E-state index in [0.717, 1.165) is 38.5 Å². The number of halogens is 2. The average molecular weight is 419 g/mol. The summed E-state index contributed by atoms with van der Waals surface area (Å²) in [6.45, 7) is 0.170. The van der Waals surface area contributed by atoms with Crippen LogP contribution in [0.4, 0.5) is 8.78 Å². The summed E-state index contributed by atoms with van der Waals surface area (Å²) in [5.41, 5.74) is 0.902. The van der Waals surface area contributed by atoms with Gasteiger partial charge in [-0.25, -0.2) is 13.8 Å². The van der Waals surface area contributed by atoms with Gasteiger partial charge in [0.05, 0.1) is 6.61 Å². The molecule has 162 valence electrons. The molecule has 1 N–H and O–H groups in total. The third-order valence-electron chi connectivity index (χ3n) is 5.19. The number of hydrogen-bond acceptors (Lipinski definition) is 4. The molecule has 1 fully saturated rings. The van der Waals surface area contributed by atoms with Crippen molar-refractivity contribution in [3.8, 4) is 22.8 Å². The van der Waals surface area contributed by atoms with Crippen LogP contribution in [0, 0.1) is 11.6 Å². The van der Waals surface area contributed by atoms with Crippen molar-refractivity contribution < 1.29 is 28.2 Å². The minimum absolute atomic E-state index is 0.0893. The molecule has 5 nitrogen and oxygen atoms in total. The number of unbranched alkanes of at least 4 members (excludes halogenated alkanes) is 3. The molecule has 3 rings (SSSR count). The summed E-state index contributed by atoms with van der Waals surface area (Å²) in [4.78, 5) is 14.7. The zero-order chi connectivity index (χ0) is 21.3. The fraction of sp³-hybridized carbons (Fsp3) is 0.478. The topological polar surface area (TPSA) is 68.7 Å². The van der Waals surface area contributed by atoms with Crippen LogP contribution in [0.5, 0.6) is 11.6 Å². The molecule has 0 aliphatic heterocycles. The van der Waals surface area contributed by atoms with E-state index in [1.807, 2.05) is 0 Å². The number of ether oxygens (including phenoxy) is 2. The zero-order valence-electron chi connectivity index (χ0n) is 16.9. The number of carbonyl (C=O) groups is 1. The molecule has 1 aromatic carbocycles. The maximum Gasteiger partial charge on any atom is 0.303 e. The second-order valence-corrected chi connectivity index (χ2v) is 7.56. The molecule has 0 atom stereocenters. The van der Waals surface area contributed by atoms with Crippen LogP contribution in [0.3, 0.4) is 0 Å². The van der Waals surface area contributed by atoms with Gasteiger partial charge < -0.3 is 14.6 Å². The minimum atomic E-state index is -0.819. The molecule has 0 radical (unpaired) electrons. The highest BCUT2D eigenvalue weighted by Crippen LogP contribution is 2.35. The lowest BCUT2D eigenvalue weighted by Gasteiger charge is -2.16. The smallest absolute Gasteiger partial charge is 0.303 e. The van der Waals surface area contributed by atoms with Gasteiger partial charge in [-0.3, -0.25) is 4.79 Å². The quantitative estimate of drug-likeness (QED) is 0.469. The van der Waals surface area contributed by atoms with Gasteiger partial charge in [-0.15, -0.1) is 0 Å². The molecule has 30 heavy (non-hydrogen) atoms. The Morgan fingerprint density at radius 2 is 1.80 bits per heavy atom. The molecule has 1 aliphatic carbocycles. The fourth-order valence-electron chi connectivity index (χ4n) is 3.63. The molecule has 0 saturated heterocycles. The van der Waals surface area contributed by atoms with Crippen LogP contribution in [0.15, 0.2) is 30.5 Å². The molecule has 0 unspecified atom stereocenters. The van der Waals surface area contributed by atoms with Gasteiger partial charge in [-0.05, 0) is 68.4 Å². The Kier molecular flexibility index (Phi) is 7.99. The Morgan fingerprint density at radius 1 is 1.10 bits per heavy atom. The summed E-state index contributed by atoms with van der Waals surface area (Å²) < 4.78 is 40.4. The summed E-state index contributed by atoms with van der Waals surface area (Å²) in [5, 5.41) is 8.60. The van der Waals surface area contributed by atoms with Crippen LogP contribution in [0.2, 0.25) is 0 Å². The number of carboxylic acids is 1. The normalized spacial score (nSPS) is 14.1. The molecule has 0 amide bonds. The van der Waals surface area contributed by atoms with Crippen LogP contribution < -0.4 is 9.47 Å². The van der Waals surface area contributed by atoms with Gasteiger partial charge in [0.1, 0.15) is 6.10 Å². The van der Waals surface area contributed by atoms with Crippen molar-refractivity contribution >= 4 is 5.97 Å². The summed E-state index contributed by atoms with van der Waals surface area (Å²) in [5.74, 6) is -2.37. The molecular formula is C23H27F2NO4. The number of nitrogens with zero attached hydrogens (tertiary/aromatic N) is 1. The van der Waals surface area contributed by atoms with E-state index in [-0.39, 0.29) is 19.1 Å². The van der Waals surface area contributed by atoms with Crippen LogP contribution >= 0.6 is 0 Å². The van der Waals surface area contributed by atoms with Crippen molar-refractivity contribution in [1.29, 1.82) is 0 Å². The van der Waals surface area contributed by atoms with E-state index in [1.165, 1.54) is 12.1 Å². The summed E-state index contributed by atoms with van der Waals surface area (Å²) in [6, 6.07) is 5.93. The minimum Gasteiger partial charge on any atom is -0.488 e. The van der Waals surface area contributed by atoms with Crippen molar-refractivity contribution in [2.24, 2.45) is 0 Å². The third-order valence-corrected chi connectivity index (χ3v) is 5.19. The Hall–Kier alpha value is -2.70. The van der Waals surface area contributed by atoms with Crippen molar-refractivity contribution in [3.05, 3.63) is 42.1 Å². The molecular weight excluding hydrogens is 392 g/mol. The first-order chi connectivity index (χ1) is 14.5. The maximum absolute atomic E-state index is 14.6. The molecule has 1 saturated carbocycles. The van der Waals surface area contributed by atoms with Crippen LogP contribution in [-0.4, -0.2) is 28.8 Å². The van der Waals surface area contributed by atoms with E-state index >= 15 is 0 Å². The first kappa shape index (κ1) is 22.0. The molecule has 1 heterocycles. The number of carboxylic acid groups (broad SMARTS) is 1. The predicted octanol–water partition coefficient (Wildman–Crippen LogP) is 5.76. The second-order valence-electron chi connectivity index (χ2n) is 7.56.